The maximum Gasteiger partial charge on any atom is 0.119 e. The summed E-state index contributed by atoms with van der Waals surface area (Å²) in [5, 5.41) is 0. The van der Waals surface area contributed by atoms with Crippen molar-refractivity contribution in [3.63, 3.8) is 0 Å². The zero-order valence-corrected chi connectivity index (χ0v) is 11.3. The molecular weight excluding hydrogens is 246 g/mol. The first-order chi connectivity index (χ1) is 9.92. The van der Waals surface area contributed by atoms with Crippen LogP contribution >= 0.6 is 0 Å². The van der Waals surface area contributed by atoms with Crippen molar-refractivity contribution in [1.82, 2.24) is 0 Å². The van der Waals surface area contributed by atoms with Gasteiger partial charge in [0.25, 0.3) is 0 Å². The maximum absolute atomic E-state index is 5.78. The number of benzene rings is 2. The second-order valence-electron chi connectivity index (χ2n) is 4.76. The summed E-state index contributed by atoms with van der Waals surface area (Å²) in [7, 11) is 0. The van der Waals surface area contributed by atoms with Crippen molar-refractivity contribution >= 4 is 5.71 Å². The number of rotatable bonds is 4. The minimum atomic E-state index is 0.598. The zero-order chi connectivity index (χ0) is 13.6. The molecule has 1 heterocycles. The molecule has 0 radical (unpaired) electrons. The lowest BCUT2D eigenvalue weighted by molar-refractivity contribution is 0.306. The molecular formula is C18H17NO. The van der Waals surface area contributed by atoms with Gasteiger partial charge >= 0.3 is 0 Å². The first-order valence-electron chi connectivity index (χ1n) is 6.90. The molecule has 0 saturated carbocycles. The van der Waals surface area contributed by atoms with Gasteiger partial charge in [0.15, 0.2) is 0 Å². The molecule has 0 fully saturated rings. The summed E-state index contributed by atoms with van der Waals surface area (Å²) in [5.74, 6) is 0.887. The topological polar surface area (TPSA) is 21.6 Å². The number of aliphatic imine (C=N–C) groups is 1. The Morgan fingerprint density at radius 1 is 0.950 bits per heavy atom. The Bertz CT molecular complexity index is 612. The van der Waals surface area contributed by atoms with Crippen LogP contribution in [-0.4, -0.2) is 12.3 Å². The molecule has 0 aromatic heterocycles. The maximum atomic E-state index is 5.78. The fourth-order valence-corrected chi connectivity index (χ4v) is 2.16. The molecule has 0 atom stereocenters. The Morgan fingerprint density at radius 3 is 2.45 bits per heavy atom. The molecule has 20 heavy (non-hydrogen) atoms. The SMILES string of the molecule is C1=CC(c2ccc(OCc3ccccc3)cc2)=NCC1. The van der Waals surface area contributed by atoms with Crippen molar-refractivity contribution in [1.29, 1.82) is 0 Å². The van der Waals surface area contributed by atoms with Gasteiger partial charge in [0.2, 0.25) is 0 Å². The van der Waals surface area contributed by atoms with Gasteiger partial charge in [0.1, 0.15) is 12.4 Å². The van der Waals surface area contributed by atoms with Crippen LogP contribution in [0.25, 0.3) is 0 Å². The van der Waals surface area contributed by atoms with Crippen LogP contribution in [-0.2, 0) is 6.61 Å². The van der Waals surface area contributed by atoms with Gasteiger partial charge in [-0.1, -0.05) is 36.4 Å². The molecule has 0 spiro atoms. The van der Waals surface area contributed by atoms with E-state index in [1.807, 2.05) is 30.3 Å². The number of nitrogens with zero attached hydrogens (tertiary/aromatic N) is 1. The summed E-state index contributed by atoms with van der Waals surface area (Å²) < 4.78 is 5.78. The molecule has 3 rings (SSSR count). The highest BCUT2D eigenvalue weighted by Crippen LogP contribution is 2.16. The Morgan fingerprint density at radius 2 is 1.75 bits per heavy atom. The lowest BCUT2D eigenvalue weighted by atomic mass is 10.1. The third-order valence-electron chi connectivity index (χ3n) is 3.25. The van der Waals surface area contributed by atoms with Crippen molar-refractivity contribution < 1.29 is 4.74 Å². The monoisotopic (exact) mass is 263 g/mol. The molecule has 1 aliphatic heterocycles. The van der Waals surface area contributed by atoms with Gasteiger partial charge in [-0.15, -0.1) is 0 Å². The van der Waals surface area contributed by atoms with E-state index in [0.29, 0.717) is 6.61 Å². The second-order valence-corrected chi connectivity index (χ2v) is 4.76. The van der Waals surface area contributed by atoms with E-state index < -0.39 is 0 Å². The standard InChI is InChI=1S/C18H17NO/c1-2-6-15(7-3-1)14-20-17-11-9-16(10-12-17)18-8-4-5-13-19-18/h1-4,6-12H,5,13-14H2. The third kappa shape index (κ3) is 3.15. The van der Waals surface area contributed by atoms with Crippen LogP contribution in [0.5, 0.6) is 5.75 Å². The highest BCUT2D eigenvalue weighted by atomic mass is 16.5. The number of hydrogen-bond donors (Lipinski definition) is 0. The van der Waals surface area contributed by atoms with Crippen molar-refractivity contribution in [3.05, 3.63) is 77.9 Å². The summed E-state index contributed by atoms with van der Waals surface area (Å²) in [4.78, 5) is 4.51. The van der Waals surface area contributed by atoms with E-state index in [-0.39, 0.29) is 0 Å². The molecule has 0 saturated heterocycles. The summed E-state index contributed by atoms with van der Waals surface area (Å²) in [6, 6.07) is 18.3. The lowest BCUT2D eigenvalue weighted by Crippen LogP contribution is -2.02. The molecule has 2 heteroatoms. The van der Waals surface area contributed by atoms with E-state index in [9.17, 15) is 0 Å². The van der Waals surface area contributed by atoms with Crippen LogP contribution in [0, 0.1) is 0 Å². The van der Waals surface area contributed by atoms with Gasteiger partial charge in [-0.2, -0.15) is 0 Å². The number of ether oxygens (including phenoxy) is 1. The fourth-order valence-electron chi connectivity index (χ4n) is 2.16. The number of hydrogen-bond acceptors (Lipinski definition) is 2. The van der Waals surface area contributed by atoms with Crippen LogP contribution < -0.4 is 4.74 Å². The molecule has 0 N–H and O–H groups in total. The van der Waals surface area contributed by atoms with E-state index >= 15 is 0 Å². The fraction of sp³-hybridized carbons (Fsp3) is 0.167. The van der Waals surface area contributed by atoms with Crippen LogP contribution in [0.3, 0.4) is 0 Å². The minimum Gasteiger partial charge on any atom is -0.489 e. The van der Waals surface area contributed by atoms with Crippen LogP contribution in [0.4, 0.5) is 0 Å². The molecule has 0 aliphatic carbocycles. The summed E-state index contributed by atoms with van der Waals surface area (Å²) in [6.45, 7) is 1.49. The van der Waals surface area contributed by atoms with E-state index in [4.69, 9.17) is 4.74 Å². The smallest absolute Gasteiger partial charge is 0.119 e. The average molecular weight is 263 g/mol. The molecule has 0 unspecified atom stereocenters. The van der Waals surface area contributed by atoms with Crippen molar-refractivity contribution in [3.8, 4) is 5.75 Å². The van der Waals surface area contributed by atoms with Gasteiger partial charge in [0.05, 0.1) is 5.71 Å². The van der Waals surface area contributed by atoms with Gasteiger partial charge < -0.3 is 4.74 Å². The Hall–Kier alpha value is -2.35. The predicted molar refractivity (Wildman–Crippen MR) is 82.4 cm³/mol. The highest BCUT2D eigenvalue weighted by molar-refractivity contribution is 6.09. The van der Waals surface area contributed by atoms with E-state index in [1.54, 1.807) is 0 Å². The van der Waals surface area contributed by atoms with E-state index in [2.05, 4.69) is 41.4 Å². The highest BCUT2D eigenvalue weighted by Gasteiger charge is 2.03. The molecule has 0 amide bonds. The number of allylic oxidation sites excluding steroid dienone is 1. The summed E-state index contributed by atoms with van der Waals surface area (Å²) in [6.07, 6.45) is 5.30. The lowest BCUT2D eigenvalue weighted by Gasteiger charge is -2.09. The first kappa shape index (κ1) is 12.7. The quantitative estimate of drug-likeness (QED) is 0.816. The molecule has 100 valence electrons. The van der Waals surface area contributed by atoms with Crippen LogP contribution in [0.2, 0.25) is 0 Å². The van der Waals surface area contributed by atoms with Crippen molar-refractivity contribution in [2.45, 2.75) is 13.0 Å². The van der Waals surface area contributed by atoms with Crippen LogP contribution in [0.15, 0.2) is 71.7 Å². The van der Waals surface area contributed by atoms with Crippen molar-refractivity contribution in [2.75, 3.05) is 6.54 Å². The third-order valence-corrected chi connectivity index (χ3v) is 3.25. The summed E-state index contributed by atoms with van der Waals surface area (Å²) >= 11 is 0. The minimum absolute atomic E-state index is 0.598. The molecule has 2 aromatic rings. The molecule has 2 nitrogen and oxygen atoms in total. The number of dihydropyridines is 1. The molecule has 2 aromatic carbocycles. The average Bonchev–Trinajstić information content (AvgIpc) is 2.55. The van der Waals surface area contributed by atoms with E-state index in [0.717, 1.165) is 30.0 Å². The van der Waals surface area contributed by atoms with Gasteiger partial charge in [0, 0.05) is 6.54 Å². The van der Waals surface area contributed by atoms with Crippen molar-refractivity contribution in [2.24, 2.45) is 4.99 Å². The Labute approximate surface area is 119 Å². The molecule has 1 aliphatic rings. The first-order valence-corrected chi connectivity index (χ1v) is 6.90. The second kappa shape index (κ2) is 6.20. The normalized spacial score (nSPS) is 13.9. The van der Waals surface area contributed by atoms with Gasteiger partial charge in [-0.05, 0) is 47.9 Å². The predicted octanol–water partition coefficient (Wildman–Crippen LogP) is 4.01. The summed E-state index contributed by atoms with van der Waals surface area (Å²) in [5.41, 5.74) is 3.38. The van der Waals surface area contributed by atoms with E-state index in [1.165, 1.54) is 5.56 Å². The van der Waals surface area contributed by atoms with Crippen LogP contribution in [0.1, 0.15) is 17.5 Å². The zero-order valence-electron chi connectivity index (χ0n) is 11.3. The Kier molecular flexibility index (Phi) is 3.93. The molecule has 0 bridgehead atoms. The largest absolute Gasteiger partial charge is 0.489 e. The van der Waals surface area contributed by atoms with Gasteiger partial charge in [-0.3, -0.25) is 4.99 Å². The van der Waals surface area contributed by atoms with Gasteiger partial charge in [-0.25, -0.2) is 0 Å². The Balaban J connectivity index is 1.64.